The number of rotatable bonds is 4. The molecule has 4 rings (SSSR count). The minimum atomic E-state index is -4.94. The number of aryl methyl sites for hydroxylation is 1. The van der Waals surface area contributed by atoms with Crippen molar-refractivity contribution >= 4 is 26.9 Å². The van der Waals surface area contributed by atoms with Gasteiger partial charge < -0.3 is 4.98 Å². The summed E-state index contributed by atoms with van der Waals surface area (Å²) < 4.78 is 83.4. The summed E-state index contributed by atoms with van der Waals surface area (Å²) in [5, 5.41) is 3.00. The van der Waals surface area contributed by atoms with E-state index in [2.05, 4.69) is 25.0 Å². The molecule has 3 heterocycles. The minimum Gasteiger partial charge on any atom is -0.342 e. The van der Waals surface area contributed by atoms with Gasteiger partial charge in [-0.1, -0.05) is 0 Å². The van der Waals surface area contributed by atoms with Gasteiger partial charge in [-0.25, -0.2) is 23.6 Å². The summed E-state index contributed by atoms with van der Waals surface area (Å²) >= 11 is 0. The largest absolute Gasteiger partial charge is 0.417 e. The number of sulfonamides is 1. The molecule has 9 nitrogen and oxygen atoms in total. The molecule has 0 saturated carbocycles. The third kappa shape index (κ3) is 3.48. The molecular formula is C17H13F4N7O2S. The number of hydrogen-bond acceptors (Lipinski definition) is 6. The smallest absolute Gasteiger partial charge is 0.342 e. The van der Waals surface area contributed by atoms with E-state index in [0.717, 1.165) is 17.4 Å². The number of aromatic amines is 1. The quantitative estimate of drug-likeness (QED) is 0.474. The molecular weight excluding hydrogens is 442 g/mol. The van der Waals surface area contributed by atoms with E-state index in [1.807, 2.05) is 0 Å². The maximum absolute atomic E-state index is 14.6. The molecule has 0 aliphatic carbocycles. The van der Waals surface area contributed by atoms with Gasteiger partial charge in [0.15, 0.2) is 10.9 Å². The molecule has 0 aliphatic heterocycles. The summed E-state index contributed by atoms with van der Waals surface area (Å²) in [7, 11) is -1.74. The van der Waals surface area contributed by atoms with Crippen LogP contribution in [-0.4, -0.2) is 45.2 Å². The topological polar surface area (TPSA) is 110 Å². The zero-order chi connectivity index (χ0) is 22.6. The van der Waals surface area contributed by atoms with E-state index in [-0.39, 0.29) is 23.2 Å². The Labute approximate surface area is 172 Å². The number of halogens is 4. The number of anilines is 1. The highest BCUT2D eigenvalue weighted by atomic mass is 32.2. The van der Waals surface area contributed by atoms with Crippen molar-refractivity contribution in [3.63, 3.8) is 0 Å². The molecule has 0 bridgehead atoms. The van der Waals surface area contributed by atoms with Gasteiger partial charge in [-0.15, -0.1) is 0 Å². The Morgan fingerprint density at radius 3 is 2.39 bits per heavy atom. The third-order valence-corrected chi connectivity index (χ3v) is 6.10. The Balaban J connectivity index is 1.98. The van der Waals surface area contributed by atoms with Gasteiger partial charge in [0.2, 0.25) is 5.95 Å². The lowest BCUT2D eigenvalue weighted by Crippen LogP contribution is -2.28. The van der Waals surface area contributed by atoms with E-state index in [9.17, 15) is 26.0 Å². The molecule has 0 unspecified atom stereocenters. The first kappa shape index (κ1) is 20.7. The number of alkyl halides is 3. The molecule has 0 radical (unpaired) electrons. The predicted molar refractivity (Wildman–Crippen MR) is 101 cm³/mol. The monoisotopic (exact) mass is 455 g/mol. The molecule has 0 aliphatic rings. The highest BCUT2D eigenvalue weighted by Crippen LogP contribution is 2.42. The fraction of sp³-hybridized carbons (Fsp3) is 0.176. The van der Waals surface area contributed by atoms with Crippen LogP contribution in [0, 0.1) is 5.82 Å². The Morgan fingerprint density at radius 1 is 1.13 bits per heavy atom. The van der Waals surface area contributed by atoms with Crippen LogP contribution in [-0.2, 0) is 23.2 Å². The SMILES string of the molecule is CN(c1ncccn1)S(=O)(=O)c1cc2c(-c3ncn(C)n3)c(C(F)(F)F)cc(F)c2[nH]1. The molecule has 31 heavy (non-hydrogen) atoms. The van der Waals surface area contributed by atoms with E-state index >= 15 is 0 Å². The number of hydrogen-bond donors (Lipinski definition) is 1. The zero-order valence-corrected chi connectivity index (χ0v) is 16.7. The van der Waals surface area contributed by atoms with E-state index in [0.29, 0.717) is 0 Å². The summed E-state index contributed by atoms with van der Waals surface area (Å²) in [6, 6.07) is 2.67. The van der Waals surface area contributed by atoms with Crippen molar-refractivity contribution in [3.8, 4) is 11.4 Å². The maximum atomic E-state index is 14.6. The molecule has 0 amide bonds. The van der Waals surface area contributed by atoms with E-state index in [1.165, 1.54) is 36.5 Å². The normalized spacial score (nSPS) is 12.5. The lowest BCUT2D eigenvalue weighted by Gasteiger charge is -2.15. The molecule has 1 aromatic carbocycles. The van der Waals surface area contributed by atoms with Crippen LogP contribution in [0.5, 0.6) is 0 Å². The average molecular weight is 455 g/mol. The molecule has 4 aromatic rings. The van der Waals surface area contributed by atoms with Gasteiger partial charge >= 0.3 is 6.18 Å². The lowest BCUT2D eigenvalue weighted by molar-refractivity contribution is -0.137. The number of fused-ring (bicyclic) bond motifs is 1. The molecule has 0 atom stereocenters. The van der Waals surface area contributed by atoms with Crippen molar-refractivity contribution in [1.29, 1.82) is 0 Å². The van der Waals surface area contributed by atoms with Crippen molar-refractivity contribution in [3.05, 3.63) is 48.3 Å². The Bertz CT molecular complexity index is 1380. The van der Waals surface area contributed by atoms with Gasteiger partial charge in [-0.3, -0.25) is 4.68 Å². The fourth-order valence-electron chi connectivity index (χ4n) is 3.00. The van der Waals surface area contributed by atoms with Crippen LogP contribution in [0.1, 0.15) is 5.56 Å². The first-order chi connectivity index (χ1) is 14.5. The van der Waals surface area contributed by atoms with Crippen LogP contribution in [0.3, 0.4) is 0 Å². The number of nitrogens with zero attached hydrogens (tertiary/aromatic N) is 6. The van der Waals surface area contributed by atoms with Crippen molar-refractivity contribution in [1.82, 2.24) is 29.7 Å². The highest BCUT2D eigenvalue weighted by Gasteiger charge is 2.38. The van der Waals surface area contributed by atoms with Crippen LogP contribution >= 0.6 is 0 Å². The molecule has 0 saturated heterocycles. The summed E-state index contributed by atoms with van der Waals surface area (Å²) in [4.78, 5) is 13.9. The first-order valence-electron chi connectivity index (χ1n) is 8.54. The first-order valence-corrected chi connectivity index (χ1v) is 9.98. The summed E-state index contributed by atoms with van der Waals surface area (Å²) in [5.41, 5.74) is -2.30. The van der Waals surface area contributed by atoms with Crippen LogP contribution in [0.2, 0.25) is 0 Å². The number of H-pyrrole nitrogens is 1. The van der Waals surface area contributed by atoms with Gasteiger partial charge in [0, 0.05) is 37.4 Å². The number of aromatic nitrogens is 6. The van der Waals surface area contributed by atoms with Crippen molar-refractivity contribution in [2.24, 2.45) is 7.05 Å². The van der Waals surface area contributed by atoms with Gasteiger partial charge in [-0.05, 0) is 18.2 Å². The summed E-state index contributed by atoms with van der Waals surface area (Å²) in [5.74, 6) is -1.78. The van der Waals surface area contributed by atoms with Gasteiger partial charge in [0.1, 0.15) is 12.1 Å². The van der Waals surface area contributed by atoms with Gasteiger partial charge in [0.05, 0.1) is 11.1 Å². The van der Waals surface area contributed by atoms with Crippen molar-refractivity contribution < 1.29 is 26.0 Å². The average Bonchev–Trinajstić information content (AvgIpc) is 3.35. The van der Waals surface area contributed by atoms with Crippen LogP contribution in [0.15, 0.2) is 41.9 Å². The molecule has 1 N–H and O–H groups in total. The summed E-state index contributed by atoms with van der Waals surface area (Å²) in [6.45, 7) is 0. The molecule has 3 aromatic heterocycles. The van der Waals surface area contributed by atoms with Crippen molar-refractivity contribution in [2.45, 2.75) is 11.2 Å². The Hall–Kier alpha value is -3.55. The maximum Gasteiger partial charge on any atom is 0.417 e. The Kier molecular flexibility index (Phi) is 4.68. The zero-order valence-electron chi connectivity index (χ0n) is 15.9. The molecule has 162 valence electrons. The second-order valence-corrected chi connectivity index (χ2v) is 8.40. The predicted octanol–water partition coefficient (Wildman–Crippen LogP) is 2.74. The molecule has 0 fully saturated rings. The van der Waals surface area contributed by atoms with Crippen molar-refractivity contribution in [2.75, 3.05) is 11.4 Å². The molecule has 14 heteroatoms. The summed E-state index contributed by atoms with van der Waals surface area (Å²) in [6.07, 6.45) is -1.12. The number of nitrogens with one attached hydrogen (secondary N) is 1. The Morgan fingerprint density at radius 2 is 1.81 bits per heavy atom. The van der Waals surface area contributed by atoms with E-state index < -0.39 is 43.7 Å². The minimum absolute atomic E-state index is 0.177. The third-order valence-electron chi connectivity index (χ3n) is 4.44. The number of benzene rings is 1. The van der Waals surface area contributed by atoms with Gasteiger partial charge in [0.25, 0.3) is 10.0 Å². The van der Waals surface area contributed by atoms with E-state index in [1.54, 1.807) is 0 Å². The standard InChI is InChI=1S/C17H13F4N7O2S/c1-27-8-24-15(26-27)13-9-6-12(25-14(9)11(18)7-10(13)17(19,20)21)31(29,30)28(2)16-22-4-3-5-23-16/h3-8,25H,1-2H3. The van der Waals surface area contributed by atoms with Crippen LogP contribution in [0.25, 0.3) is 22.3 Å². The molecule has 0 spiro atoms. The second kappa shape index (κ2) is 7.01. The van der Waals surface area contributed by atoms with Gasteiger partial charge in [-0.2, -0.15) is 26.7 Å². The fourth-order valence-corrected chi connectivity index (χ4v) is 4.10. The highest BCUT2D eigenvalue weighted by molar-refractivity contribution is 7.92. The van der Waals surface area contributed by atoms with E-state index in [4.69, 9.17) is 0 Å². The lowest BCUT2D eigenvalue weighted by atomic mass is 10.0. The van der Waals surface area contributed by atoms with Crippen LogP contribution < -0.4 is 4.31 Å². The second-order valence-electron chi connectivity index (χ2n) is 6.46. The van der Waals surface area contributed by atoms with Crippen LogP contribution in [0.4, 0.5) is 23.5 Å².